The Bertz CT molecular complexity index is 462. The largest absolute Gasteiger partial charge is 0.395 e. The Hall–Kier alpha value is -1.59. The molecule has 2 N–H and O–H groups in total. The van der Waals surface area contributed by atoms with Gasteiger partial charge in [0.05, 0.1) is 13.2 Å². The first-order chi connectivity index (χ1) is 9.77. The van der Waals surface area contributed by atoms with Gasteiger partial charge in [0.1, 0.15) is 0 Å². The first kappa shape index (κ1) is 14.8. The molecule has 1 aliphatic rings. The predicted octanol–water partition coefficient (Wildman–Crippen LogP) is 1.13. The summed E-state index contributed by atoms with van der Waals surface area (Å²) in [7, 11) is 1.61. The van der Waals surface area contributed by atoms with Crippen LogP contribution in [0, 0.1) is 0 Å². The van der Waals surface area contributed by atoms with E-state index in [1.807, 2.05) is 18.2 Å². The molecule has 0 atom stereocenters. The molecule has 0 fully saturated rings. The van der Waals surface area contributed by atoms with Gasteiger partial charge >= 0.3 is 0 Å². The lowest BCUT2D eigenvalue weighted by molar-refractivity contribution is 0.0655. The number of methoxy groups -OCH3 is 1. The lowest BCUT2D eigenvalue weighted by Crippen LogP contribution is -2.37. The Kier molecular flexibility index (Phi) is 5.38. The first-order valence-corrected chi connectivity index (χ1v) is 7.02. The molecule has 0 aliphatic carbocycles. The molecule has 0 radical (unpaired) electrons. The van der Waals surface area contributed by atoms with E-state index in [9.17, 15) is 4.79 Å². The summed E-state index contributed by atoms with van der Waals surface area (Å²) in [5, 5.41) is 12.5. The highest BCUT2D eigenvalue weighted by Crippen LogP contribution is 2.26. The molecule has 1 aromatic rings. The number of hydrogen-bond donors (Lipinski definition) is 2. The van der Waals surface area contributed by atoms with E-state index in [4.69, 9.17) is 9.84 Å². The zero-order valence-electron chi connectivity index (χ0n) is 11.9. The highest BCUT2D eigenvalue weighted by molar-refractivity contribution is 5.97. The van der Waals surface area contributed by atoms with Crippen molar-refractivity contribution in [2.75, 3.05) is 45.3 Å². The minimum atomic E-state index is -0.0390. The Morgan fingerprint density at radius 2 is 2.30 bits per heavy atom. The number of nitrogens with zero attached hydrogens (tertiary/aromatic N) is 1. The molecule has 110 valence electrons. The van der Waals surface area contributed by atoms with Crippen LogP contribution in [0.4, 0.5) is 5.69 Å². The molecule has 1 amide bonds. The topological polar surface area (TPSA) is 61.8 Å². The molecule has 5 nitrogen and oxygen atoms in total. The second kappa shape index (κ2) is 7.26. The van der Waals surface area contributed by atoms with Gasteiger partial charge in [0.25, 0.3) is 5.91 Å². The molecule has 1 heterocycles. The molecule has 2 rings (SSSR count). The van der Waals surface area contributed by atoms with Gasteiger partial charge in [-0.05, 0) is 30.5 Å². The molecule has 20 heavy (non-hydrogen) atoms. The quantitative estimate of drug-likeness (QED) is 0.819. The SMILES string of the molecule is COCCN(CCO)C(=O)c1cccc2c1CCCN2. The zero-order chi connectivity index (χ0) is 14.4. The maximum Gasteiger partial charge on any atom is 0.254 e. The lowest BCUT2D eigenvalue weighted by Gasteiger charge is -2.25. The van der Waals surface area contributed by atoms with Crippen LogP contribution in [0.1, 0.15) is 22.3 Å². The number of amides is 1. The average Bonchev–Trinajstić information content (AvgIpc) is 2.50. The summed E-state index contributed by atoms with van der Waals surface area (Å²) in [6, 6.07) is 5.78. The molecule has 0 bridgehead atoms. The number of carbonyl (C=O) groups is 1. The number of aliphatic hydroxyl groups excluding tert-OH is 1. The van der Waals surface area contributed by atoms with Crippen molar-refractivity contribution in [3.63, 3.8) is 0 Å². The average molecular weight is 278 g/mol. The van der Waals surface area contributed by atoms with Crippen molar-refractivity contribution in [1.82, 2.24) is 4.90 Å². The summed E-state index contributed by atoms with van der Waals surface area (Å²) in [6.07, 6.45) is 1.96. The van der Waals surface area contributed by atoms with Gasteiger partial charge in [-0.2, -0.15) is 0 Å². The Morgan fingerprint density at radius 3 is 3.05 bits per heavy atom. The molecule has 0 unspecified atom stereocenters. The summed E-state index contributed by atoms with van der Waals surface area (Å²) in [5.74, 6) is -0.0309. The van der Waals surface area contributed by atoms with E-state index in [2.05, 4.69) is 5.32 Å². The van der Waals surface area contributed by atoms with Crippen molar-refractivity contribution >= 4 is 11.6 Å². The van der Waals surface area contributed by atoms with Crippen molar-refractivity contribution in [3.8, 4) is 0 Å². The smallest absolute Gasteiger partial charge is 0.254 e. The van der Waals surface area contributed by atoms with E-state index in [0.717, 1.165) is 36.2 Å². The summed E-state index contributed by atoms with van der Waals surface area (Å²) < 4.78 is 5.03. The second-order valence-corrected chi connectivity index (χ2v) is 4.87. The van der Waals surface area contributed by atoms with E-state index in [1.54, 1.807) is 12.0 Å². The minimum Gasteiger partial charge on any atom is -0.395 e. The number of fused-ring (bicyclic) bond motifs is 1. The summed E-state index contributed by atoms with van der Waals surface area (Å²) in [4.78, 5) is 14.3. The van der Waals surface area contributed by atoms with Gasteiger partial charge in [-0.25, -0.2) is 0 Å². The first-order valence-electron chi connectivity index (χ1n) is 7.02. The van der Waals surface area contributed by atoms with Crippen LogP contribution >= 0.6 is 0 Å². The van der Waals surface area contributed by atoms with Crippen LogP contribution in [0.25, 0.3) is 0 Å². The summed E-state index contributed by atoms with van der Waals surface area (Å²) in [5.41, 5.74) is 2.88. The monoisotopic (exact) mass is 278 g/mol. The molecular weight excluding hydrogens is 256 g/mol. The number of carbonyl (C=O) groups excluding carboxylic acids is 1. The highest BCUT2D eigenvalue weighted by Gasteiger charge is 2.21. The van der Waals surface area contributed by atoms with E-state index in [0.29, 0.717) is 19.7 Å². The number of hydrogen-bond acceptors (Lipinski definition) is 4. The molecule has 1 aliphatic heterocycles. The third kappa shape index (κ3) is 3.29. The maximum absolute atomic E-state index is 12.6. The van der Waals surface area contributed by atoms with Crippen molar-refractivity contribution < 1.29 is 14.6 Å². The normalized spacial score (nSPS) is 13.5. The maximum atomic E-state index is 12.6. The number of aliphatic hydroxyl groups is 1. The predicted molar refractivity (Wildman–Crippen MR) is 78.1 cm³/mol. The van der Waals surface area contributed by atoms with Gasteiger partial charge in [-0.3, -0.25) is 4.79 Å². The fraction of sp³-hybridized carbons (Fsp3) is 0.533. The van der Waals surface area contributed by atoms with Crippen LogP contribution in [0.3, 0.4) is 0 Å². The van der Waals surface area contributed by atoms with Crippen LogP contribution < -0.4 is 5.32 Å². The molecule has 5 heteroatoms. The van der Waals surface area contributed by atoms with Gasteiger partial charge in [-0.15, -0.1) is 0 Å². The Balaban J connectivity index is 2.22. The van der Waals surface area contributed by atoms with Crippen molar-refractivity contribution in [2.24, 2.45) is 0 Å². The van der Waals surface area contributed by atoms with E-state index >= 15 is 0 Å². The number of anilines is 1. The third-order valence-electron chi connectivity index (χ3n) is 3.55. The van der Waals surface area contributed by atoms with Crippen LogP contribution in [-0.2, 0) is 11.2 Å². The molecule has 0 saturated heterocycles. The molecular formula is C15H22N2O3. The molecule has 0 aromatic heterocycles. The van der Waals surface area contributed by atoms with Crippen LogP contribution in [0.2, 0.25) is 0 Å². The Morgan fingerprint density at radius 1 is 1.45 bits per heavy atom. The van der Waals surface area contributed by atoms with Gasteiger partial charge in [0, 0.05) is 38.0 Å². The van der Waals surface area contributed by atoms with Crippen molar-refractivity contribution in [2.45, 2.75) is 12.8 Å². The third-order valence-corrected chi connectivity index (χ3v) is 3.55. The Labute approximate surface area is 119 Å². The molecule has 0 spiro atoms. The van der Waals surface area contributed by atoms with Gasteiger partial charge in [0.2, 0.25) is 0 Å². The van der Waals surface area contributed by atoms with Crippen LogP contribution in [0.15, 0.2) is 18.2 Å². The summed E-state index contributed by atoms with van der Waals surface area (Å²) >= 11 is 0. The lowest BCUT2D eigenvalue weighted by atomic mass is 9.97. The van der Waals surface area contributed by atoms with Gasteiger partial charge in [0.15, 0.2) is 0 Å². The van der Waals surface area contributed by atoms with Gasteiger partial charge < -0.3 is 20.1 Å². The van der Waals surface area contributed by atoms with Gasteiger partial charge in [-0.1, -0.05) is 6.07 Å². The van der Waals surface area contributed by atoms with Crippen LogP contribution in [-0.4, -0.2) is 55.9 Å². The fourth-order valence-corrected chi connectivity index (χ4v) is 2.52. The van der Waals surface area contributed by atoms with Crippen molar-refractivity contribution in [3.05, 3.63) is 29.3 Å². The number of ether oxygens (including phenoxy) is 1. The zero-order valence-corrected chi connectivity index (χ0v) is 11.9. The fourth-order valence-electron chi connectivity index (χ4n) is 2.52. The van der Waals surface area contributed by atoms with Crippen LogP contribution in [0.5, 0.6) is 0 Å². The molecule has 0 saturated carbocycles. The number of benzene rings is 1. The standard InChI is InChI=1S/C15H22N2O3/c1-20-11-9-17(8-10-18)15(19)13-4-2-6-14-12(13)5-3-7-16-14/h2,4,6,16,18H,3,5,7-11H2,1H3. The highest BCUT2D eigenvalue weighted by atomic mass is 16.5. The number of rotatable bonds is 6. The second-order valence-electron chi connectivity index (χ2n) is 4.87. The van der Waals surface area contributed by atoms with E-state index < -0.39 is 0 Å². The van der Waals surface area contributed by atoms with E-state index in [-0.39, 0.29) is 12.5 Å². The van der Waals surface area contributed by atoms with E-state index in [1.165, 1.54) is 0 Å². The molecule has 1 aromatic carbocycles. The summed E-state index contributed by atoms with van der Waals surface area (Å²) in [6.45, 7) is 2.21. The minimum absolute atomic E-state index is 0.0309. The van der Waals surface area contributed by atoms with Crippen molar-refractivity contribution in [1.29, 1.82) is 0 Å². The number of nitrogens with one attached hydrogen (secondary N) is 1.